The molecule has 0 radical (unpaired) electrons. The van der Waals surface area contributed by atoms with Crippen LogP contribution in [0.25, 0.3) is 0 Å². The van der Waals surface area contributed by atoms with E-state index in [9.17, 15) is 9.90 Å². The third-order valence-electron chi connectivity index (χ3n) is 7.39. The predicted octanol–water partition coefficient (Wildman–Crippen LogP) is 2.01. The third-order valence-corrected chi connectivity index (χ3v) is 7.39. The van der Waals surface area contributed by atoms with Crippen molar-refractivity contribution >= 4 is 11.9 Å². The zero-order valence-electron chi connectivity index (χ0n) is 18.7. The Hall–Kier alpha value is -2.48. The van der Waals surface area contributed by atoms with Gasteiger partial charge in [0.2, 0.25) is 11.9 Å². The van der Waals surface area contributed by atoms with Gasteiger partial charge >= 0.3 is 0 Å². The van der Waals surface area contributed by atoms with E-state index in [2.05, 4.69) is 26.8 Å². The molecule has 0 unspecified atom stereocenters. The smallest absolute Gasteiger partial charge is 0.225 e. The van der Waals surface area contributed by atoms with E-state index >= 15 is 0 Å². The Kier molecular flexibility index (Phi) is 5.20. The summed E-state index contributed by atoms with van der Waals surface area (Å²) in [4.78, 5) is 27.0. The number of hydrogen-bond donors (Lipinski definition) is 1. The number of aliphatic hydroxyl groups excluding tert-OH is 1. The Labute approximate surface area is 183 Å². The lowest BCUT2D eigenvalue weighted by molar-refractivity contribution is -0.134. The zero-order chi connectivity index (χ0) is 21.7. The number of piperidine rings is 1. The molecule has 3 aliphatic rings. The van der Waals surface area contributed by atoms with Gasteiger partial charge in [0.1, 0.15) is 0 Å². The molecule has 5 rings (SSSR count). The van der Waals surface area contributed by atoms with Crippen LogP contribution in [0.3, 0.4) is 0 Å². The Balaban J connectivity index is 1.32. The standard InChI is InChI=1S/C23H32N6O2/c1-14-18(15(2)27(3)26-14)7-9-22(31)29-16-6-8-21(29)19-12-24-23(25-20(19)11-16)28-10-4-5-17(30)13-28/h12,16-17,21,30H,4-11,13H2,1-3H3/t16-,17+,21-/m0/s1. The summed E-state index contributed by atoms with van der Waals surface area (Å²) in [7, 11) is 1.95. The minimum Gasteiger partial charge on any atom is -0.391 e. The quantitative estimate of drug-likeness (QED) is 0.808. The van der Waals surface area contributed by atoms with Gasteiger partial charge in [-0.1, -0.05) is 0 Å². The Morgan fingerprint density at radius 1 is 1.26 bits per heavy atom. The summed E-state index contributed by atoms with van der Waals surface area (Å²) in [6.45, 7) is 5.57. The fraction of sp³-hybridized carbons (Fsp3) is 0.652. The summed E-state index contributed by atoms with van der Waals surface area (Å²) in [6, 6.07) is 0.328. The number of carbonyl (C=O) groups is 1. The van der Waals surface area contributed by atoms with Gasteiger partial charge in [-0.3, -0.25) is 9.48 Å². The van der Waals surface area contributed by atoms with Crippen molar-refractivity contribution in [3.8, 4) is 0 Å². The van der Waals surface area contributed by atoms with Gasteiger partial charge in [-0.05, 0) is 51.5 Å². The van der Waals surface area contributed by atoms with E-state index in [1.54, 1.807) is 0 Å². The number of β-amino-alcohol motifs (C(OH)–C–C–N with tert-alkyl or cyclic N) is 1. The van der Waals surface area contributed by atoms with Crippen molar-refractivity contribution < 1.29 is 9.90 Å². The van der Waals surface area contributed by atoms with Crippen molar-refractivity contribution in [2.75, 3.05) is 18.0 Å². The van der Waals surface area contributed by atoms with E-state index in [4.69, 9.17) is 4.98 Å². The first-order chi connectivity index (χ1) is 14.9. The minimum absolute atomic E-state index is 0.0957. The number of nitrogens with zero attached hydrogens (tertiary/aromatic N) is 6. The highest BCUT2D eigenvalue weighted by molar-refractivity contribution is 5.78. The number of carbonyl (C=O) groups excluding carboxylic acids is 1. The van der Waals surface area contributed by atoms with E-state index in [-0.39, 0.29) is 24.1 Å². The fourth-order valence-corrected chi connectivity index (χ4v) is 5.68. The molecule has 2 fully saturated rings. The van der Waals surface area contributed by atoms with E-state index in [1.165, 1.54) is 5.56 Å². The summed E-state index contributed by atoms with van der Waals surface area (Å²) < 4.78 is 1.90. The van der Waals surface area contributed by atoms with Crippen LogP contribution in [0, 0.1) is 13.8 Å². The molecule has 0 saturated carbocycles. The molecular formula is C23H32N6O2. The summed E-state index contributed by atoms with van der Waals surface area (Å²) >= 11 is 0. The molecule has 0 aliphatic carbocycles. The van der Waals surface area contributed by atoms with Crippen molar-refractivity contribution in [1.82, 2.24) is 24.6 Å². The van der Waals surface area contributed by atoms with Crippen molar-refractivity contribution in [2.45, 2.75) is 77.0 Å². The number of amides is 1. The van der Waals surface area contributed by atoms with E-state index in [0.717, 1.165) is 73.7 Å². The van der Waals surface area contributed by atoms with Crippen LogP contribution in [0.5, 0.6) is 0 Å². The van der Waals surface area contributed by atoms with Crippen LogP contribution in [0.1, 0.15) is 66.4 Å². The maximum atomic E-state index is 13.2. The van der Waals surface area contributed by atoms with Gasteiger partial charge in [-0.15, -0.1) is 0 Å². The van der Waals surface area contributed by atoms with Crippen LogP contribution in [-0.4, -0.2) is 60.9 Å². The molecule has 2 aromatic rings. The van der Waals surface area contributed by atoms with E-state index in [1.807, 2.05) is 24.9 Å². The van der Waals surface area contributed by atoms with Gasteiger partial charge < -0.3 is 14.9 Å². The first-order valence-electron chi connectivity index (χ1n) is 11.5. The molecule has 1 N–H and O–H groups in total. The van der Waals surface area contributed by atoms with Crippen LogP contribution in [0.2, 0.25) is 0 Å². The molecular weight excluding hydrogens is 392 g/mol. The summed E-state index contributed by atoms with van der Waals surface area (Å²) in [5.74, 6) is 0.947. The lowest BCUT2D eigenvalue weighted by Gasteiger charge is -2.37. The Morgan fingerprint density at radius 3 is 2.84 bits per heavy atom. The summed E-state index contributed by atoms with van der Waals surface area (Å²) in [6.07, 6.45) is 7.50. The molecule has 3 aliphatic heterocycles. The normalized spacial score (nSPS) is 25.1. The number of anilines is 1. The largest absolute Gasteiger partial charge is 0.391 e. The second-order valence-corrected chi connectivity index (χ2v) is 9.34. The zero-order valence-corrected chi connectivity index (χ0v) is 18.7. The molecule has 0 spiro atoms. The molecule has 166 valence electrons. The van der Waals surface area contributed by atoms with Gasteiger partial charge in [0.15, 0.2) is 0 Å². The van der Waals surface area contributed by atoms with Crippen LogP contribution >= 0.6 is 0 Å². The van der Waals surface area contributed by atoms with Crippen LogP contribution < -0.4 is 4.90 Å². The van der Waals surface area contributed by atoms with Crippen molar-refractivity contribution in [2.24, 2.45) is 7.05 Å². The van der Waals surface area contributed by atoms with Gasteiger partial charge in [0, 0.05) is 56.5 Å². The average Bonchev–Trinajstić information content (AvgIpc) is 3.20. The lowest BCUT2D eigenvalue weighted by atomic mass is 9.98. The number of aliphatic hydroxyl groups is 1. The molecule has 3 atom stereocenters. The fourth-order valence-electron chi connectivity index (χ4n) is 5.68. The van der Waals surface area contributed by atoms with Crippen LogP contribution in [-0.2, 0) is 24.7 Å². The molecule has 5 heterocycles. The Bertz CT molecular complexity index is 1000. The molecule has 8 nitrogen and oxygen atoms in total. The number of fused-ring (bicyclic) bond motifs is 4. The highest BCUT2D eigenvalue weighted by atomic mass is 16.3. The highest BCUT2D eigenvalue weighted by Gasteiger charge is 2.43. The maximum Gasteiger partial charge on any atom is 0.225 e. The molecule has 2 aromatic heterocycles. The molecule has 1 amide bonds. The number of rotatable bonds is 4. The van der Waals surface area contributed by atoms with Gasteiger partial charge in [-0.2, -0.15) is 5.10 Å². The molecule has 31 heavy (non-hydrogen) atoms. The Morgan fingerprint density at radius 2 is 2.10 bits per heavy atom. The van der Waals surface area contributed by atoms with Crippen molar-refractivity contribution in [3.63, 3.8) is 0 Å². The second-order valence-electron chi connectivity index (χ2n) is 9.34. The molecule has 0 aromatic carbocycles. The molecule has 8 heteroatoms. The number of aryl methyl sites for hydroxylation is 2. The van der Waals surface area contributed by atoms with E-state index in [0.29, 0.717) is 13.0 Å². The summed E-state index contributed by atoms with van der Waals surface area (Å²) in [5, 5.41) is 14.5. The average molecular weight is 425 g/mol. The minimum atomic E-state index is -0.301. The summed E-state index contributed by atoms with van der Waals surface area (Å²) in [5.41, 5.74) is 5.54. The first kappa shape index (κ1) is 20.4. The predicted molar refractivity (Wildman–Crippen MR) is 117 cm³/mol. The second kappa shape index (κ2) is 7.89. The van der Waals surface area contributed by atoms with Crippen molar-refractivity contribution in [1.29, 1.82) is 0 Å². The molecule has 2 bridgehead atoms. The van der Waals surface area contributed by atoms with Gasteiger partial charge in [0.25, 0.3) is 0 Å². The van der Waals surface area contributed by atoms with Crippen LogP contribution in [0.4, 0.5) is 5.95 Å². The number of aromatic nitrogens is 4. The third kappa shape index (κ3) is 3.60. The monoisotopic (exact) mass is 424 g/mol. The van der Waals surface area contributed by atoms with E-state index < -0.39 is 0 Å². The maximum absolute atomic E-state index is 13.2. The van der Waals surface area contributed by atoms with Crippen LogP contribution in [0.15, 0.2) is 6.20 Å². The first-order valence-corrected chi connectivity index (χ1v) is 11.5. The van der Waals surface area contributed by atoms with Gasteiger partial charge in [-0.25, -0.2) is 9.97 Å². The van der Waals surface area contributed by atoms with Crippen molar-refractivity contribution in [3.05, 3.63) is 34.4 Å². The topological polar surface area (TPSA) is 87.4 Å². The lowest BCUT2D eigenvalue weighted by Crippen LogP contribution is -2.43. The SMILES string of the molecule is Cc1nn(C)c(C)c1CCC(=O)N1[C@H]2CC[C@H]1c1cnc(N3CCC[C@@H](O)C3)nc1C2. The van der Waals surface area contributed by atoms with Gasteiger partial charge in [0.05, 0.1) is 23.5 Å². The molecule has 2 saturated heterocycles. The highest BCUT2D eigenvalue weighted by Crippen LogP contribution is 2.43. The number of hydrogen-bond acceptors (Lipinski definition) is 6.